The Kier molecular flexibility index (Phi) is 5.31. The summed E-state index contributed by atoms with van der Waals surface area (Å²) in [6.07, 6.45) is 4.17. The summed E-state index contributed by atoms with van der Waals surface area (Å²) in [6.45, 7) is 6.08. The van der Waals surface area contributed by atoms with E-state index >= 15 is 0 Å². The van der Waals surface area contributed by atoms with Crippen LogP contribution in [0.3, 0.4) is 0 Å². The first kappa shape index (κ1) is 17.6. The fourth-order valence-electron chi connectivity index (χ4n) is 4.38. The molecule has 6 nitrogen and oxygen atoms in total. The highest BCUT2D eigenvalue weighted by molar-refractivity contribution is 5.70. The zero-order chi connectivity index (χ0) is 17.8. The van der Waals surface area contributed by atoms with Gasteiger partial charge in [0.1, 0.15) is 18.0 Å². The second-order valence-corrected chi connectivity index (χ2v) is 7.65. The average Bonchev–Trinajstić information content (AvgIpc) is 2.99. The molecule has 0 aliphatic carbocycles. The summed E-state index contributed by atoms with van der Waals surface area (Å²) in [5.74, 6) is 0.838. The largest absolute Gasteiger partial charge is 0.492 e. The predicted octanol–water partition coefficient (Wildman–Crippen LogP) is 2.10. The minimum Gasteiger partial charge on any atom is -0.492 e. The van der Waals surface area contributed by atoms with Crippen molar-refractivity contribution in [2.24, 2.45) is 0 Å². The van der Waals surface area contributed by atoms with Crippen molar-refractivity contribution in [3.05, 3.63) is 30.3 Å². The third-order valence-electron chi connectivity index (χ3n) is 5.95. The molecule has 1 aromatic rings. The summed E-state index contributed by atoms with van der Waals surface area (Å²) in [6, 6.07) is 10.4. The van der Waals surface area contributed by atoms with E-state index in [9.17, 15) is 4.79 Å². The molecule has 0 saturated carbocycles. The fourth-order valence-corrected chi connectivity index (χ4v) is 4.38. The smallest absolute Gasteiger partial charge is 0.410 e. The molecule has 6 heteroatoms. The van der Waals surface area contributed by atoms with Crippen LogP contribution in [0, 0.1) is 0 Å². The molecule has 0 radical (unpaired) electrons. The molecule has 3 aliphatic heterocycles. The Morgan fingerprint density at radius 1 is 1.15 bits per heavy atom. The van der Waals surface area contributed by atoms with Crippen molar-refractivity contribution in [3.63, 3.8) is 0 Å². The van der Waals surface area contributed by atoms with Crippen molar-refractivity contribution in [1.29, 1.82) is 0 Å². The van der Waals surface area contributed by atoms with Gasteiger partial charge in [-0.3, -0.25) is 4.90 Å². The van der Waals surface area contributed by atoms with E-state index in [0.717, 1.165) is 44.8 Å². The van der Waals surface area contributed by atoms with Crippen LogP contribution < -0.4 is 10.1 Å². The van der Waals surface area contributed by atoms with Crippen LogP contribution in [0.25, 0.3) is 0 Å². The minimum absolute atomic E-state index is 0.183. The summed E-state index contributed by atoms with van der Waals surface area (Å²) in [5.41, 5.74) is -0.284. The molecule has 0 aromatic heterocycles. The van der Waals surface area contributed by atoms with Gasteiger partial charge in [0.15, 0.2) is 0 Å². The zero-order valence-electron chi connectivity index (χ0n) is 15.4. The fraction of sp³-hybridized carbons (Fsp3) is 0.650. The summed E-state index contributed by atoms with van der Waals surface area (Å²) < 4.78 is 11.6. The molecule has 1 aromatic carbocycles. The molecule has 26 heavy (non-hydrogen) atoms. The third-order valence-corrected chi connectivity index (χ3v) is 5.95. The molecule has 1 spiro atoms. The maximum atomic E-state index is 12.3. The van der Waals surface area contributed by atoms with Gasteiger partial charge in [-0.15, -0.1) is 0 Å². The monoisotopic (exact) mass is 359 g/mol. The molecule has 3 heterocycles. The quantitative estimate of drug-likeness (QED) is 0.873. The van der Waals surface area contributed by atoms with Gasteiger partial charge in [0.05, 0.1) is 13.1 Å². The normalized spacial score (nSPS) is 24.0. The molecule has 0 unspecified atom stereocenters. The molecule has 142 valence electrons. The Labute approximate surface area is 155 Å². The number of para-hydroxylation sites is 1. The highest BCUT2D eigenvalue weighted by atomic mass is 16.6. The van der Waals surface area contributed by atoms with Gasteiger partial charge < -0.3 is 19.7 Å². The van der Waals surface area contributed by atoms with Crippen molar-refractivity contribution in [3.8, 4) is 5.75 Å². The lowest BCUT2D eigenvalue weighted by molar-refractivity contribution is -0.0135. The second kappa shape index (κ2) is 7.84. The van der Waals surface area contributed by atoms with E-state index in [-0.39, 0.29) is 11.7 Å². The number of carbonyl (C=O) groups is 1. The van der Waals surface area contributed by atoms with Gasteiger partial charge >= 0.3 is 6.09 Å². The Balaban J connectivity index is 1.25. The van der Waals surface area contributed by atoms with E-state index in [1.54, 1.807) is 0 Å². The molecule has 1 amide bonds. The van der Waals surface area contributed by atoms with Gasteiger partial charge in [0.2, 0.25) is 0 Å². The number of nitrogens with one attached hydrogen (secondary N) is 1. The third kappa shape index (κ3) is 3.96. The van der Waals surface area contributed by atoms with Gasteiger partial charge in [0, 0.05) is 32.0 Å². The highest BCUT2D eigenvalue weighted by Crippen LogP contribution is 2.34. The molecule has 0 atom stereocenters. The first-order valence-electron chi connectivity index (χ1n) is 9.85. The molecule has 3 fully saturated rings. The molecule has 1 N–H and O–H groups in total. The number of ether oxygens (including phenoxy) is 2. The van der Waals surface area contributed by atoms with Crippen LogP contribution in [-0.2, 0) is 4.74 Å². The average molecular weight is 359 g/mol. The summed E-state index contributed by atoms with van der Waals surface area (Å²) >= 11 is 0. The number of benzene rings is 1. The first-order chi connectivity index (χ1) is 12.7. The van der Waals surface area contributed by atoms with E-state index in [2.05, 4.69) is 10.2 Å². The molecule has 4 rings (SSSR count). The maximum Gasteiger partial charge on any atom is 0.410 e. The Bertz CT molecular complexity index is 596. The van der Waals surface area contributed by atoms with Gasteiger partial charge in [-0.05, 0) is 38.1 Å². The second-order valence-electron chi connectivity index (χ2n) is 7.65. The minimum atomic E-state index is -0.284. The van der Waals surface area contributed by atoms with Crippen LogP contribution in [0.1, 0.15) is 25.7 Å². The number of piperidine rings is 2. The van der Waals surface area contributed by atoms with Crippen molar-refractivity contribution in [2.75, 3.05) is 45.9 Å². The molecule has 3 saturated heterocycles. The van der Waals surface area contributed by atoms with Crippen LogP contribution in [0.4, 0.5) is 4.79 Å². The van der Waals surface area contributed by atoms with Crippen LogP contribution in [0.15, 0.2) is 30.3 Å². The van der Waals surface area contributed by atoms with Gasteiger partial charge in [-0.2, -0.15) is 0 Å². The Hall–Kier alpha value is -1.79. The summed E-state index contributed by atoms with van der Waals surface area (Å²) in [5, 5.41) is 3.43. The van der Waals surface area contributed by atoms with E-state index in [1.165, 1.54) is 12.8 Å². The molecular weight excluding hydrogens is 330 g/mol. The van der Waals surface area contributed by atoms with Crippen molar-refractivity contribution >= 4 is 6.09 Å². The predicted molar refractivity (Wildman–Crippen MR) is 99.4 cm³/mol. The van der Waals surface area contributed by atoms with E-state index in [4.69, 9.17) is 9.47 Å². The van der Waals surface area contributed by atoms with E-state index in [0.29, 0.717) is 25.7 Å². The number of hydrogen-bond donors (Lipinski definition) is 1. The highest BCUT2D eigenvalue weighted by Gasteiger charge is 2.47. The van der Waals surface area contributed by atoms with Crippen molar-refractivity contribution in [2.45, 2.75) is 37.3 Å². The van der Waals surface area contributed by atoms with Crippen LogP contribution in [0.5, 0.6) is 5.75 Å². The zero-order valence-corrected chi connectivity index (χ0v) is 15.4. The number of hydrogen-bond acceptors (Lipinski definition) is 5. The molecule has 3 aliphatic rings. The summed E-state index contributed by atoms with van der Waals surface area (Å²) in [7, 11) is 0. The molecule has 0 bridgehead atoms. The molecular formula is C20H29N3O3. The van der Waals surface area contributed by atoms with E-state index in [1.807, 2.05) is 35.2 Å². The number of likely N-dealkylation sites (tertiary alicyclic amines) is 1. The van der Waals surface area contributed by atoms with Gasteiger partial charge in [-0.1, -0.05) is 18.2 Å². The lowest BCUT2D eigenvalue weighted by atomic mass is 9.89. The Morgan fingerprint density at radius 3 is 2.62 bits per heavy atom. The van der Waals surface area contributed by atoms with Crippen LogP contribution in [-0.4, -0.2) is 73.4 Å². The Morgan fingerprint density at radius 2 is 1.88 bits per heavy atom. The number of rotatable bonds is 5. The van der Waals surface area contributed by atoms with Gasteiger partial charge in [-0.25, -0.2) is 4.79 Å². The van der Waals surface area contributed by atoms with Crippen molar-refractivity contribution < 1.29 is 14.3 Å². The number of nitrogens with zero attached hydrogens (tertiary/aromatic N) is 2. The topological polar surface area (TPSA) is 54.0 Å². The first-order valence-corrected chi connectivity index (χ1v) is 9.85. The SMILES string of the molecule is O=C1OC2(CCN(C3CCNCC3)CC2)CN1CCOc1ccccc1. The van der Waals surface area contributed by atoms with E-state index < -0.39 is 0 Å². The van der Waals surface area contributed by atoms with Gasteiger partial charge in [0.25, 0.3) is 0 Å². The standard InChI is InChI=1S/C20H29N3O3/c24-19-23(14-15-25-18-4-2-1-3-5-18)16-20(26-19)8-12-22(13-9-20)17-6-10-21-11-7-17/h1-5,17,21H,6-16H2. The lowest BCUT2D eigenvalue weighted by Gasteiger charge is -2.42. The maximum absolute atomic E-state index is 12.3. The number of carbonyl (C=O) groups excluding carboxylic acids is 1. The lowest BCUT2D eigenvalue weighted by Crippen LogP contribution is -2.52. The number of amides is 1. The summed E-state index contributed by atoms with van der Waals surface area (Å²) in [4.78, 5) is 16.7. The van der Waals surface area contributed by atoms with Crippen LogP contribution >= 0.6 is 0 Å². The van der Waals surface area contributed by atoms with Crippen LogP contribution in [0.2, 0.25) is 0 Å². The van der Waals surface area contributed by atoms with Crippen molar-refractivity contribution in [1.82, 2.24) is 15.1 Å².